The zero-order chi connectivity index (χ0) is 10.7. The maximum Gasteiger partial charge on any atom is 0.263 e. The summed E-state index contributed by atoms with van der Waals surface area (Å²) in [5.74, 6) is 1.23. The van der Waals surface area contributed by atoms with Gasteiger partial charge in [-0.15, -0.1) is 0 Å². The first kappa shape index (κ1) is 9.52. The van der Waals surface area contributed by atoms with E-state index in [1.165, 1.54) is 7.11 Å². The molecule has 0 aliphatic carbocycles. The number of oxime groups is 1. The Labute approximate surface area is 88.3 Å². The van der Waals surface area contributed by atoms with Gasteiger partial charge in [0.1, 0.15) is 12.9 Å². The van der Waals surface area contributed by atoms with Gasteiger partial charge in [0.05, 0.1) is 5.56 Å². The third-order valence-corrected chi connectivity index (χ3v) is 2.07. The van der Waals surface area contributed by atoms with Gasteiger partial charge in [-0.25, -0.2) is 0 Å². The fourth-order valence-corrected chi connectivity index (χ4v) is 1.48. The Morgan fingerprint density at radius 3 is 2.73 bits per heavy atom. The number of allylic oxidation sites excluding steroid dienone is 2. The zero-order valence-corrected chi connectivity index (χ0v) is 8.43. The quantitative estimate of drug-likeness (QED) is 0.688. The molecule has 0 aromatic heterocycles. The van der Waals surface area contributed by atoms with Crippen molar-refractivity contribution in [1.82, 2.24) is 0 Å². The topological polar surface area (TPSA) is 30.8 Å². The summed E-state index contributed by atoms with van der Waals surface area (Å²) in [5.41, 5.74) is 1.95. The number of hydrogen-bond donors (Lipinski definition) is 0. The molecular weight excluding hydrogens is 190 g/mol. The van der Waals surface area contributed by atoms with Crippen LogP contribution in [0.5, 0.6) is 0 Å². The van der Waals surface area contributed by atoms with Gasteiger partial charge in [-0.1, -0.05) is 30.9 Å². The summed E-state index contributed by atoms with van der Waals surface area (Å²) in [7, 11) is 1.49. The van der Waals surface area contributed by atoms with Gasteiger partial charge in [0.25, 0.3) is 5.90 Å². The van der Waals surface area contributed by atoms with Crippen LogP contribution >= 0.6 is 0 Å². The lowest BCUT2D eigenvalue weighted by Gasteiger charge is -1.96. The number of benzene rings is 1. The summed E-state index contributed by atoms with van der Waals surface area (Å²) in [5, 5.41) is 3.82. The van der Waals surface area contributed by atoms with E-state index in [1.807, 2.05) is 24.3 Å². The number of fused-ring (bicyclic) bond motifs is 1. The normalized spacial score (nSPS) is 18.7. The van der Waals surface area contributed by atoms with Gasteiger partial charge in [-0.05, 0) is 17.3 Å². The molecule has 1 aromatic carbocycles. The summed E-state index contributed by atoms with van der Waals surface area (Å²) in [6.07, 6.45) is 3.48. The first-order valence-corrected chi connectivity index (χ1v) is 4.58. The number of nitrogens with zero attached hydrogens (tertiary/aromatic N) is 1. The Kier molecular flexibility index (Phi) is 2.54. The Morgan fingerprint density at radius 2 is 2.07 bits per heavy atom. The van der Waals surface area contributed by atoms with Crippen molar-refractivity contribution in [2.75, 3.05) is 7.11 Å². The summed E-state index contributed by atoms with van der Waals surface area (Å²) in [6, 6.07) is 7.80. The summed E-state index contributed by atoms with van der Waals surface area (Å²) in [6.45, 7) is 3.64. The van der Waals surface area contributed by atoms with Crippen LogP contribution in [0, 0.1) is 0 Å². The van der Waals surface area contributed by atoms with Gasteiger partial charge < -0.3 is 9.57 Å². The molecule has 76 valence electrons. The molecule has 0 saturated carbocycles. The minimum absolute atomic E-state index is 0.487. The Bertz CT molecular complexity index is 447. The lowest BCUT2D eigenvalue weighted by Crippen LogP contribution is -1.97. The van der Waals surface area contributed by atoms with Gasteiger partial charge in [-0.3, -0.25) is 0 Å². The van der Waals surface area contributed by atoms with Crippen LogP contribution in [0.25, 0.3) is 5.76 Å². The van der Waals surface area contributed by atoms with Crippen LogP contribution in [0.3, 0.4) is 0 Å². The smallest absolute Gasteiger partial charge is 0.263 e. The fourth-order valence-electron chi connectivity index (χ4n) is 1.48. The molecule has 0 unspecified atom stereocenters. The summed E-state index contributed by atoms with van der Waals surface area (Å²) < 4.78 is 5.53. The first-order valence-electron chi connectivity index (χ1n) is 4.58. The maximum absolute atomic E-state index is 5.53. The lowest BCUT2D eigenvalue weighted by atomic mass is 10.1. The maximum atomic E-state index is 5.53. The van der Waals surface area contributed by atoms with Crippen LogP contribution in [0.2, 0.25) is 0 Å². The standard InChI is InChI=1S/C12H11NO2/c1-3-6-11-9-7-4-5-8-10(9)12(15-11)13-14-2/h3-8H,1H2,2H3/b11-6-,13-12+. The van der Waals surface area contributed by atoms with Crippen LogP contribution in [0.4, 0.5) is 0 Å². The highest BCUT2D eigenvalue weighted by Gasteiger charge is 2.23. The van der Waals surface area contributed by atoms with Crippen LogP contribution < -0.4 is 0 Å². The molecule has 0 spiro atoms. The molecule has 2 rings (SSSR count). The van der Waals surface area contributed by atoms with E-state index in [0.29, 0.717) is 5.90 Å². The predicted octanol–water partition coefficient (Wildman–Crippen LogP) is 2.55. The van der Waals surface area contributed by atoms with E-state index in [-0.39, 0.29) is 0 Å². The molecule has 0 N–H and O–H groups in total. The van der Waals surface area contributed by atoms with Crippen LogP contribution in [-0.4, -0.2) is 13.0 Å². The van der Waals surface area contributed by atoms with Gasteiger partial charge in [0.2, 0.25) is 0 Å². The van der Waals surface area contributed by atoms with E-state index in [4.69, 9.17) is 9.57 Å². The molecular formula is C12H11NO2. The fraction of sp³-hybridized carbons (Fsp3) is 0.0833. The lowest BCUT2D eigenvalue weighted by molar-refractivity contribution is 0.205. The van der Waals surface area contributed by atoms with E-state index >= 15 is 0 Å². The SMILES string of the molecule is C=C/C=C1\O/C(=N/OC)c2ccccc21. The monoisotopic (exact) mass is 201 g/mol. The molecule has 3 nitrogen and oxygen atoms in total. The molecule has 1 heterocycles. The number of rotatable bonds is 2. The van der Waals surface area contributed by atoms with Crippen molar-refractivity contribution < 1.29 is 9.57 Å². The highest BCUT2D eigenvalue weighted by molar-refractivity contribution is 6.06. The van der Waals surface area contributed by atoms with Crippen LogP contribution in [0.1, 0.15) is 11.1 Å². The molecule has 0 fully saturated rings. The minimum atomic E-state index is 0.487. The van der Waals surface area contributed by atoms with Gasteiger partial charge in [0.15, 0.2) is 0 Å². The van der Waals surface area contributed by atoms with Crippen molar-refractivity contribution in [2.24, 2.45) is 5.16 Å². The summed E-state index contributed by atoms with van der Waals surface area (Å²) in [4.78, 5) is 4.72. The Morgan fingerprint density at radius 1 is 1.33 bits per heavy atom. The Balaban J connectivity index is 2.53. The number of ether oxygens (including phenoxy) is 1. The zero-order valence-electron chi connectivity index (χ0n) is 8.43. The molecule has 1 aromatic rings. The van der Waals surface area contributed by atoms with Crippen molar-refractivity contribution in [3.05, 3.63) is 54.1 Å². The van der Waals surface area contributed by atoms with Crippen molar-refractivity contribution in [3.8, 4) is 0 Å². The van der Waals surface area contributed by atoms with Crippen molar-refractivity contribution in [2.45, 2.75) is 0 Å². The first-order chi connectivity index (χ1) is 7.36. The highest BCUT2D eigenvalue weighted by Crippen LogP contribution is 2.29. The van der Waals surface area contributed by atoms with E-state index in [0.717, 1.165) is 16.9 Å². The van der Waals surface area contributed by atoms with E-state index in [2.05, 4.69) is 11.7 Å². The van der Waals surface area contributed by atoms with Crippen LogP contribution in [-0.2, 0) is 9.57 Å². The predicted molar refractivity (Wildman–Crippen MR) is 59.2 cm³/mol. The second kappa shape index (κ2) is 4.00. The summed E-state index contributed by atoms with van der Waals surface area (Å²) >= 11 is 0. The molecule has 0 bridgehead atoms. The van der Waals surface area contributed by atoms with Gasteiger partial charge in [0, 0.05) is 5.56 Å². The largest absolute Gasteiger partial charge is 0.435 e. The average Bonchev–Trinajstić information content (AvgIpc) is 2.59. The molecule has 0 amide bonds. The van der Waals surface area contributed by atoms with Crippen molar-refractivity contribution in [1.29, 1.82) is 0 Å². The average molecular weight is 201 g/mol. The third kappa shape index (κ3) is 1.64. The molecule has 1 aliphatic rings. The molecule has 0 radical (unpaired) electrons. The molecule has 1 aliphatic heterocycles. The van der Waals surface area contributed by atoms with Crippen LogP contribution in [0.15, 0.2) is 48.2 Å². The third-order valence-electron chi connectivity index (χ3n) is 2.07. The van der Waals surface area contributed by atoms with Crippen molar-refractivity contribution >= 4 is 11.7 Å². The number of hydrogen-bond acceptors (Lipinski definition) is 3. The van der Waals surface area contributed by atoms with Crippen molar-refractivity contribution in [3.63, 3.8) is 0 Å². The molecule has 3 heteroatoms. The molecule has 0 atom stereocenters. The molecule has 0 saturated heterocycles. The van der Waals surface area contributed by atoms with E-state index < -0.39 is 0 Å². The van der Waals surface area contributed by atoms with E-state index in [1.54, 1.807) is 12.2 Å². The second-order valence-electron chi connectivity index (χ2n) is 2.99. The Hall–Kier alpha value is -2.03. The minimum Gasteiger partial charge on any atom is -0.435 e. The highest BCUT2D eigenvalue weighted by atomic mass is 16.6. The molecule has 15 heavy (non-hydrogen) atoms. The second-order valence-corrected chi connectivity index (χ2v) is 2.99. The van der Waals surface area contributed by atoms with E-state index in [9.17, 15) is 0 Å². The van der Waals surface area contributed by atoms with Gasteiger partial charge >= 0.3 is 0 Å². The van der Waals surface area contributed by atoms with Gasteiger partial charge in [-0.2, -0.15) is 0 Å².